The van der Waals surface area contributed by atoms with Gasteiger partial charge in [0.25, 0.3) is 0 Å². The molecule has 0 aromatic carbocycles. The first-order valence-electron chi connectivity index (χ1n) is 5.14. The van der Waals surface area contributed by atoms with Crippen LogP contribution in [0.3, 0.4) is 0 Å². The van der Waals surface area contributed by atoms with Crippen LogP contribution in [0.2, 0.25) is 0 Å². The van der Waals surface area contributed by atoms with Crippen molar-refractivity contribution in [2.45, 2.75) is 19.8 Å². The molecule has 0 aliphatic carbocycles. The molecule has 0 spiro atoms. The molecule has 1 aromatic rings. The molecule has 96 valence electrons. The Morgan fingerprint density at radius 1 is 1.41 bits per heavy atom. The zero-order valence-corrected chi connectivity index (χ0v) is 12.6. The van der Waals surface area contributed by atoms with E-state index in [1.807, 2.05) is 0 Å². The third kappa shape index (κ3) is 5.23. The number of alkyl halides is 1. The number of hydrogen-bond acceptors (Lipinski definition) is 3. The summed E-state index contributed by atoms with van der Waals surface area (Å²) >= 11 is 8.73. The average molecular weight is 342 g/mol. The minimum Gasteiger partial charge on any atom is -0.282 e. The number of aryl methyl sites for hydroxylation is 1. The van der Waals surface area contributed by atoms with Crippen LogP contribution in [0.25, 0.3) is 0 Å². The number of rotatable bonds is 6. The minimum absolute atomic E-state index is 0.0786. The lowest BCUT2D eigenvalue weighted by Gasteiger charge is -2.09. The first kappa shape index (κ1) is 14.7. The summed E-state index contributed by atoms with van der Waals surface area (Å²) in [5, 5.41) is 0. The largest absolute Gasteiger partial charge is 0.282 e. The molecule has 0 saturated heterocycles. The van der Waals surface area contributed by atoms with E-state index in [4.69, 9.17) is 11.6 Å². The highest BCUT2D eigenvalue weighted by Crippen LogP contribution is 2.17. The molecule has 4 nitrogen and oxygen atoms in total. The summed E-state index contributed by atoms with van der Waals surface area (Å²) in [5.74, 6) is 0.559. The van der Waals surface area contributed by atoms with Crippen molar-refractivity contribution in [2.24, 2.45) is 0 Å². The lowest BCUT2D eigenvalue weighted by Crippen LogP contribution is -2.17. The number of nitrogens with zero attached hydrogens (tertiary/aromatic N) is 1. The molecular formula is C10H14BrClN2O2S. The first-order valence-corrected chi connectivity index (χ1v) is 8.12. The van der Waals surface area contributed by atoms with Crippen molar-refractivity contribution in [3.63, 3.8) is 0 Å². The number of pyridine rings is 1. The molecule has 0 unspecified atom stereocenters. The van der Waals surface area contributed by atoms with Gasteiger partial charge in [-0.2, -0.15) is 0 Å². The van der Waals surface area contributed by atoms with Gasteiger partial charge < -0.3 is 0 Å². The monoisotopic (exact) mass is 340 g/mol. The van der Waals surface area contributed by atoms with Gasteiger partial charge in [-0.25, -0.2) is 13.4 Å². The number of sulfonamides is 1. The van der Waals surface area contributed by atoms with E-state index in [-0.39, 0.29) is 5.75 Å². The summed E-state index contributed by atoms with van der Waals surface area (Å²) in [7, 11) is -3.31. The second-order valence-electron chi connectivity index (χ2n) is 3.58. The Morgan fingerprint density at radius 3 is 2.71 bits per heavy atom. The van der Waals surface area contributed by atoms with Gasteiger partial charge in [0.15, 0.2) is 0 Å². The number of halogens is 2. The fraction of sp³-hybridized carbons (Fsp3) is 0.500. The number of anilines is 1. The van der Waals surface area contributed by atoms with Crippen LogP contribution in [0, 0.1) is 6.92 Å². The third-order valence-corrected chi connectivity index (χ3v) is 4.18. The van der Waals surface area contributed by atoms with E-state index < -0.39 is 10.0 Å². The summed E-state index contributed by atoms with van der Waals surface area (Å²) in [6.45, 7) is 1.75. The maximum absolute atomic E-state index is 11.7. The van der Waals surface area contributed by atoms with Crippen LogP contribution in [0.5, 0.6) is 0 Å². The Balaban J connectivity index is 2.69. The van der Waals surface area contributed by atoms with E-state index in [2.05, 4.69) is 25.6 Å². The van der Waals surface area contributed by atoms with Gasteiger partial charge in [0.2, 0.25) is 10.0 Å². The zero-order chi connectivity index (χ0) is 12.9. The smallest absolute Gasteiger partial charge is 0.232 e. The molecule has 17 heavy (non-hydrogen) atoms. The predicted octanol–water partition coefficient (Wildman–Crippen LogP) is 2.91. The SMILES string of the molecule is Cc1nc(Br)ccc1NS(=O)(=O)CCCCCl. The molecule has 1 aromatic heterocycles. The van der Waals surface area contributed by atoms with Crippen LogP contribution in [0.1, 0.15) is 18.5 Å². The van der Waals surface area contributed by atoms with Gasteiger partial charge in [0.1, 0.15) is 4.60 Å². The first-order chi connectivity index (χ1) is 7.94. The van der Waals surface area contributed by atoms with E-state index in [1.54, 1.807) is 19.1 Å². The zero-order valence-electron chi connectivity index (χ0n) is 9.41. The molecule has 7 heteroatoms. The molecule has 0 bridgehead atoms. The highest BCUT2D eigenvalue weighted by molar-refractivity contribution is 9.10. The van der Waals surface area contributed by atoms with Crippen LogP contribution < -0.4 is 4.72 Å². The maximum Gasteiger partial charge on any atom is 0.232 e. The Kier molecular flexibility index (Phi) is 5.69. The molecule has 0 radical (unpaired) electrons. The van der Waals surface area contributed by atoms with Gasteiger partial charge >= 0.3 is 0 Å². The van der Waals surface area contributed by atoms with E-state index in [9.17, 15) is 8.42 Å². The van der Waals surface area contributed by atoms with Crippen molar-refractivity contribution in [2.75, 3.05) is 16.4 Å². The topological polar surface area (TPSA) is 59.1 Å². The third-order valence-electron chi connectivity index (χ3n) is 2.11. The van der Waals surface area contributed by atoms with Crippen LogP contribution in [-0.4, -0.2) is 25.0 Å². The predicted molar refractivity (Wildman–Crippen MR) is 74.0 cm³/mol. The standard InChI is InChI=1S/C10H14BrClN2O2S/c1-8-9(4-5-10(11)13-8)14-17(15,16)7-3-2-6-12/h4-5,14H,2-3,6-7H2,1H3. The van der Waals surface area contributed by atoms with Crippen molar-refractivity contribution >= 4 is 43.2 Å². The minimum atomic E-state index is -3.31. The summed E-state index contributed by atoms with van der Waals surface area (Å²) in [6.07, 6.45) is 1.25. The molecular weight excluding hydrogens is 328 g/mol. The lowest BCUT2D eigenvalue weighted by atomic mass is 10.3. The van der Waals surface area contributed by atoms with Crippen molar-refractivity contribution in [1.82, 2.24) is 4.98 Å². The van der Waals surface area contributed by atoms with E-state index >= 15 is 0 Å². The maximum atomic E-state index is 11.7. The fourth-order valence-electron chi connectivity index (χ4n) is 1.24. The molecule has 1 rings (SSSR count). The van der Waals surface area contributed by atoms with Crippen LogP contribution in [0.4, 0.5) is 5.69 Å². The van der Waals surface area contributed by atoms with E-state index in [1.165, 1.54) is 0 Å². The molecule has 1 heterocycles. The Bertz CT molecular complexity index is 479. The summed E-state index contributed by atoms with van der Waals surface area (Å²) in [5.41, 5.74) is 1.15. The molecule has 0 aliphatic heterocycles. The van der Waals surface area contributed by atoms with Gasteiger partial charge in [-0.1, -0.05) is 0 Å². The Labute approximate surface area is 115 Å². The van der Waals surface area contributed by atoms with Gasteiger partial charge in [-0.3, -0.25) is 4.72 Å². The molecule has 0 saturated carbocycles. The molecule has 0 atom stereocenters. The molecule has 0 fully saturated rings. The lowest BCUT2D eigenvalue weighted by molar-refractivity contribution is 0.598. The highest BCUT2D eigenvalue weighted by atomic mass is 79.9. The number of aromatic nitrogens is 1. The number of hydrogen-bond donors (Lipinski definition) is 1. The summed E-state index contributed by atoms with van der Waals surface area (Å²) in [6, 6.07) is 3.38. The van der Waals surface area contributed by atoms with Gasteiger partial charge in [-0.05, 0) is 47.8 Å². The van der Waals surface area contributed by atoms with Crippen molar-refractivity contribution < 1.29 is 8.42 Å². The van der Waals surface area contributed by atoms with E-state index in [0.717, 1.165) is 0 Å². The quantitative estimate of drug-likeness (QED) is 0.492. The number of nitrogens with one attached hydrogen (secondary N) is 1. The number of unbranched alkanes of at least 4 members (excludes halogenated alkanes) is 1. The van der Waals surface area contributed by atoms with Gasteiger partial charge in [-0.15, -0.1) is 11.6 Å². The summed E-state index contributed by atoms with van der Waals surface area (Å²) in [4.78, 5) is 4.12. The van der Waals surface area contributed by atoms with E-state index in [0.29, 0.717) is 34.7 Å². The van der Waals surface area contributed by atoms with Gasteiger partial charge in [0.05, 0.1) is 17.1 Å². The molecule has 0 aliphatic rings. The Hall–Kier alpha value is -0.330. The Morgan fingerprint density at radius 2 is 2.12 bits per heavy atom. The average Bonchev–Trinajstić information content (AvgIpc) is 2.22. The highest BCUT2D eigenvalue weighted by Gasteiger charge is 2.11. The molecule has 0 amide bonds. The molecule has 1 N–H and O–H groups in total. The van der Waals surface area contributed by atoms with Crippen molar-refractivity contribution in [3.8, 4) is 0 Å². The normalized spacial score (nSPS) is 11.5. The fourth-order valence-corrected chi connectivity index (χ4v) is 3.07. The van der Waals surface area contributed by atoms with Crippen molar-refractivity contribution in [3.05, 3.63) is 22.4 Å². The van der Waals surface area contributed by atoms with Crippen LogP contribution >= 0.6 is 27.5 Å². The van der Waals surface area contributed by atoms with Crippen LogP contribution in [-0.2, 0) is 10.0 Å². The van der Waals surface area contributed by atoms with Crippen LogP contribution in [0.15, 0.2) is 16.7 Å². The van der Waals surface area contributed by atoms with Crippen molar-refractivity contribution in [1.29, 1.82) is 0 Å². The second-order valence-corrected chi connectivity index (χ2v) is 6.62. The summed E-state index contributed by atoms with van der Waals surface area (Å²) < 4.78 is 26.6. The second kappa shape index (κ2) is 6.56. The van der Waals surface area contributed by atoms with Gasteiger partial charge in [0, 0.05) is 5.88 Å².